The summed E-state index contributed by atoms with van der Waals surface area (Å²) >= 11 is 0. The molecule has 0 spiro atoms. The molecule has 0 aromatic rings. The molecule has 0 amide bonds. The summed E-state index contributed by atoms with van der Waals surface area (Å²) in [4.78, 5) is 12.4. The molecular formula is C10H15N3O4. The Morgan fingerprint density at radius 3 is 2.76 bits per heavy atom. The lowest BCUT2D eigenvalue weighted by atomic mass is 10.1. The average molecular weight is 241 g/mol. The first-order valence-electron chi connectivity index (χ1n) is 5.43. The zero-order valence-corrected chi connectivity index (χ0v) is 9.57. The molecule has 1 atom stereocenters. The van der Waals surface area contributed by atoms with Crippen molar-refractivity contribution in [1.82, 2.24) is 9.96 Å². The van der Waals surface area contributed by atoms with Gasteiger partial charge in [-0.1, -0.05) is 0 Å². The number of hydroxylamine groups is 2. The minimum atomic E-state index is -0.483. The fraction of sp³-hybridized carbons (Fsp3) is 0.600. The predicted molar refractivity (Wildman–Crippen MR) is 58.6 cm³/mol. The topological polar surface area (TPSA) is 79.1 Å². The van der Waals surface area contributed by atoms with Crippen molar-refractivity contribution in [2.75, 3.05) is 26.3 Å². The maximum absolute atomic E-state index is 10.9. The summed E-state index contributed by atoms with van der Waals surface area (Å²) < 4.78 is 5.21. The van der Waals surface area contributed by atoms with Gasteiger partial charge < -0.3 is 4.74 Å². The maximum Gasteiger partial charge on any atom is 0.273 e. The Kier molecular flexibility index (Phi) is 3.41. The minimum absolute atomic E-state index is 0.0480. The Balaban J connectivity index is 2.19. The van der Waals surface area contributed by atoms with Crippen molar-refractivity contribution in [3.63, 3.8) is 0 Å². The number of ether oxygens (including phenoxy) is 1. The number of hydrogen-bond donors (Lipinski definition) is 1. The fourth-order valence-corrected chi connectivity index (χ4v) is 2.01. The molecule has 1 unspecified atom stereocenters. The highest BCUT2D eigenvalue weighted by Crippen LogP contribution is 2.22. The van der Waals surface area contributed by atoms with Crippen LogP contribution in [0.1, 0.15) is 6.92 Å². The molecule has 2 aliphatic heterocycles. The van der Waals surface area contributed by atoms with E-state index < -0.39 is 11.1 Å². The Hall–Kier alpha value is -1.44. The molecular weight excluding hydrogens is 226 g/mol. The quantitative estimate of drug-likeness (QED) is 0.557. The van der Waals surface area contributed by atoms with E-state index in [1.807, 2.05) is 4.90 Å². The van der Waals surface area contributed by atoms with Crippen molar-refractivity contribution in [2.45, 2.75) is 13.1 Å². The molecule has 1 fully saturated rings. The van der Waals surface area contributed by atoms with Crippen LogP contribution in [0.25, 0.3) is 0 Å². The Morgan fingerprint density at radius 2 is 2.18 bits per heavy atom. The molecule has 0 aromatic carbocycles. The van der Waals surface area contributed by atoms with E-state index in [-0.39, 0.29) is 5.70 Å². The van der Waals surface area contributed by atoms with Gasteiger partial charge in [0.1, 0.15) is 6.17 Å². The van der Waals surface area contributed by atoms with Crippen molar-refractivity contribution in [2.24, 2.45) is 0 Å². The zero-order chi connectivity index (χ0) is 12.4. The first-order chi connectivity index (χ1) is 8.09. The molecule has 7 heteroatoms. The lowest BCUT2D eigenvalue weighted by Gasteiger charge is -2.37. The molecule has 0 radical (unpaired) electrons. The summed E-state index contributed by atoms with van der Waals surface area (Å²) in [6.45, 7) is 4.06. The SMILES string of the molecule is CC1=CN(O)C(N2CCOCC2)C=C1[N+](=O)[O-]. The molecule has 0 aliphatic carbocycles. The van der Waals surface area contributed by atoms with Crippen LogP contribution >= 0.6 is 0 Å². The average Bonchev–Trinajstić information content (AvgIpc) is 2.29. The summed E-state index contributed by atoms with van der Waals surface area (Å²) in [6.07, 6.45) is 2.38. The molecule has 7 nitrogen and oxygen atoms in total. The highest BCUT2D eigenvalue weighted by molar-refractivity contribution is 5.27. The smallest absolute Gasteiger partial charge is 0.273 e. The van der Waals surface area contributed by atoms with Crippen LogP contribution in [-0.4, -0.2) is 52.6 Å². The number of nitrogens with zero attached hydrogens (tertiary/aromatic N) is 3. The van der Waals surface area contributed by atoms with Gasteiger partial charge in [-0.15, -0.1) is 0 Å². The molecule has 2 aliphatic rings. The summed E-state index contributed by atoms with van der Waals surface area (Å²) in [5, 5.41) is 21.7. The van der Waals surface area contributed by atoms with Crippen LogP contribution in [0.4, 0.5) is 0 Å². The van der Waals surface area contributed by atoms with Crippen molar-refractivity contribution in [1.29, 1.82) is 0 Å². The first kappa shape index (κ1) is 12.0. The molecule has 1 saturated heterocycles. The minimum Gasteiger partial charge on any atom is -0.379 e. The molecule has 0 aromatic heterocycles. The van der Waals surface area contributed by atoms with Crippen LogP contribution in [0, 0.1) is 10.1 Å². The predicted octanol–water partition coefficient (Wildman–Crippen LogP) is 0.414. The van der Waals surface area contributed by atoms with Gasteiger partial charge in [-0.2, -0.15) is 0 Å². The molecule has 1 N–H and O–H groups in total. The number of rotatable bonds is 2. The van der Waals surface area contributed by atoms with E-state index in [1.54, 1.807) is 6.92 Å². The first-order valence-corrected chi connectivity index (χ1v) is 5.43. The van der Waals surface area contributed by atoms with Gasteiger partial charge in [-0.05, 0) is 6.92 Å². The van der Waals surface area contributed by atoms with Crippen molar-refractivity contribution in [3.05, 3.63) is 33.7 Å². The third-order valence-electron chi connectivity index (χ3n) is 2.92. The molecule has 2 rings (SSSR count). The Bertz CT molecular complexity index is 374. The van der Waals surface area contributed by atoms with Gasteiger partial charge >= 0.3 is 0 Å². The van der Waals surface area contributed by atoms with E-state index in [4.69, 9.17) is 4.74 Å². The van der Waals surface area contributed by atoms with E-state index in [0.717, 1.165) is 5.06 Å². The normalized spacial score (nSPS) is 26.5. The number of morpholine rings is 1. The second kappa shape index (κ2) is 4.82. The van der Waals surface area contributed by atoms with Gasteiger partial charge in [0, 0.05) is 30.9 Å². The molecule has 0 saturated carbocycles. The van der Waals surface area contributed by atoms with Crippen LogP contribution in [0.3, 0.4) is 0 Å². The van der Waals surface area contributed by atoms with Crippen LogP contribution in [0.5, 0.6) is 0 Å². The van der Waals surface area contributed by atoms with E-state index in [2.05, 4.69) is 0 Å². The van der Waals surface area contributed by atoms with Crippen LogP contribution in [0.2, 0.25) is 0 Å². The molecule has 2 heterocycles. The van der Waals surface area contributed by atoms with Gasteiger partial charge in [-0.25, -0.2) is 5.06 Å². The third kappa shape index (κ3) is 2.46. The second-order valence-corrected chi connectivity index (χ2v) is 4.06. The maximum atomic E-state index is 10.9. The highest BCUT2D eigenvalue weighted by atomic mass is 16.6. The zero-order valence-electron chi connectivity index (χ0n) is 9.57. The molecule has 17 heavy (non-hydrogen) atoms. The lowest BCUT2D eigenvalue weighted by Crippen LogP contribution is -2.50. The van der Waals surface area contributed by atoms with E-state index in [0.29, 0.717) is 31.9 Å². The van der Waals surface area contributed by atoms with Crippen molar-refractivity contribution in [3.8, 4) is 0 Å². The van der Waals surface area contributed by atoms with Gasteiger partial charge in [0.2, 0.25) is 0 Å². The summed E-state index contributed by atoms with van der Waals surface area (Å²) in [7, 11) is 0. The van der Waals surface area contributed by atoms with Crippen LogP contribution in [-0.2, 0) is 4.74 Å². The van der Waals surface area contributed by atoms with Crippen molar-refractivity contribution < 1.29 is 14.9 Å². The van der Waals surface area contributed by atoms with Crippen LogP contribution in [0.15, 0.2) is 23.5 Å². The molecule has 94 valence electrons. The lowest BCUT2D eigenvalue weighted by molar-refractivity contribution is -0.422. The summed E-state index contributed by atoms with van der Waals surface area (Å²) in [6, 6.07) is 0. The third-order valence-corrected chi connectivity index (χ3v) is 2.92. The highest BCUT2D eigenvalue weighted by Gasteiger charge is 2.30. The van der Waals surface area contributed by atoms with E-state index in [1.165, 1.54) is 12.3 Å². The summed E-state index contributed by atoms with van der Waals surface area (Å²) in [5.41, 5.74) is 0.494. The second-order valence-electron chi connectivity index (χ2n) is 4.06. The van der Waals surface area contributed by atoms with Gasteiger partial charge in [-0.3, -0.25) is 20.2 Å². The Labute approximate surface area is 98.7 Å². The van der Waals surface area contributed by atoms with Crippen LogP contribution < -0.4 is 0 Å². The Morgan fingerprint density at radius 1 is 1.53 bits per heavy atom. The summed E-state index contributed by atoms with van der Waals surface area (Å²) in [5.74, 6) is 0. The standard InChI is InChI=1S/C10H15N3O4/c1-8-7-12(14)10(6-9(8)13(15)16)11-2-4-17-5-3-11/h6-7,10,14H,2-5H2,1H3. The van der Waals surface area contributed by atoms with Crippen molar-refractivity contribution >= 4 is 0 Å². The largest absolute Gasteiger partial charge is 0.379 e. The monoisotopic (exact) mass is 241 g/mol. The van der Waals surface area contributed by atoms with Gasteiger partial charge in [0.25, 0.3) is 5.70 Å². The van der Waals surface area contributed by atoms with E-state index >= 15 is 0 Å². The number of nitro groups is 1. The van der Waals surface area contributed by atoms with E-state index in [9.17, 15) is 15.3 Å². The van der Waals surface area contributed by atoms with Gasteiger partial charge in [0.05, 0.1) is 18.1 Å². The number of hydrogen-bond acceptors (Lipinski definition) is 6. The number of allylic oxidation sites excluding steroid dienone is 1. The van der Waals surface area contributed by atoms with Gasteiger partial charge in [0.15, 0.2) is 0 Å². The molecule has 0 bridgehead atoms. The fourth-order valence-electron chi connectivity index (χ4n) is 2.01.